The average molecular weight is 520 g/mol. The van der Waals surface area contributed by atoms with E-state index in [2.05, 4.69) is 10.2 Å². The van der Waals surface area contributed by atoms with Crippen LogP contribution in [0.15, 0.2) is 87.3 Å². The number of nitrogens with zero attached hydrogens (tertiary/aromatic N) is 3. The van der Waals surface area contributed by atoms with Gasteiger partial charge in [-0.25, -0.2) is 9.18 Å². The van der Waals surface area contributed by atoms with Gasteiger partial charge in [0, 0.05) is 38.3 Å². The standard InChI is InChI=1S/C27H19ClFN3O3S/c1-16-21(20-7-3-5-9-23(20)32(16)15-18-6-2-4-8-22(18)29)14-24(26(33)34)36-27-31-30-25(35-27)17-10-12-19(28)13-11-17/h2-14H,15H2,1H3,(H,33,34)/b24-14-. The van der Waals surface area contributed by atoms with Crippen LogP contribution in [0.2, 0.25) is 5.02 Å². The minimum atomic E-state index is -1.13. The summed E-state index contributed by atoms with van der Waals surface area (Å²) in [4.78, 5) is 12.2. The SMILES string of the molecule is Cc1c(/C=C(\Sc2nnc(-c3ccc(Cl)cc3)o2)C(=O)O)c2ccccc2n1Cc1ccccc1F. The van der Waals surface area contributed by atoms with Gasteiger partial charge in [-0.2, -0.15) is 0 Å². The van der Waals surface area contributed by atoms with Crippen molar-refractivity contribution in [2.24, 2.45) is 0 Å². The van der Waals surface area contributed by atoms with Crippen molar-refractivity contribution >= 4 is 46.3 Å². The molecule has 0 unspecified atom stereocenters. The molecule has 1 N–H and O–H groups in total. The Balaban J connectivity index is 1.52. The lowest BCUT2D eigenvalue weighted by Crippen LogP contribution is -2.04. The van der Waals surface area contributed by atoms with Crippen LogP contribution in [0.3, 0.4) is 0 Å². The summed E-state index contributed by atoms with van der Waals surface area (Å²) in [7, 11) is 0. The largest absolute Gasteiger partial charge is 0.477 e. The first kappa shape index (κ1) is 23.8. The number of rotatable bonds is 7. The van der Waals surface area contributed by atoms with Crippen molar-refractivity contribution in [1.82, 2.24) is 14.8 Å². The summed E-state index contributed by atoms with van der Waals surface area (Å²) >= 11 is 6.80. The van der Waals surface area contributed by atoms with E-state index in [0.29, 0.717) is 22.7 Å². The fourth-order valence-corrected chi connectivity index (χ4v) is 4.74. The molecular weight excluding hydrogens is 501 g/mol. The third-order valence-corrected chi connectivity index (χ3v) is 6.85. The lowest BCUT2D eigenvalue weighted by Gasteiger charge is -2.09. The van der Waals surface area contributed by atoms with Crippen molar-refractivity contribution in [3.05, 3.63) is 105 Å². The van der Waals surface area contributed by atoms with Gasteiger partial charge < -0.3 is 14.1 Å². The molecular formula is C27H19ClFN3O3S. The second kappa shape index (κ2) is 10.0. The highest BCUT2D eigenvalue weighted by Crippen LogP contribution is 2.34. The summed E-state index contributed by atoms with van der Waals surface area (Å²) in [5.74, 6) is -1.16. The van der Waals surface area contributed by atoms with Crippen LogP contribution in [0.4, 0.5) is 4.39 Å². The van der Waals surface area contributed by atoms with Crippen LogP contribution in [0.25, 0.3) is 28.4 Å². The molecule has 2 heterocycles. The number of fused-ring (bicyclic) bond motifs is 1. The van der Waals surface area contributed by atoms with E-state index in [4.69, 9.17) is 16.0 Å². The predicted molar refractivity (Wildman–Crippen MR) is 138 cm³/mol. The maximum absolute atomic E-state index is 14.4. The van der Waals surface area contributed by atoms with Gasteiger partial charge in [0.15, 0.2) is 0 Å². The van der Waals surface area contributed by atoms with Gasteiger partial charge in [-0.3, -0.25) is 0 Å². The Morgan fingerprint density at radius 1 is 1.08 bits per heavy atom. The minimum Gasteiger partial charge on any atom is -0.477 e. The van der Waals surface area contributed by atoms with Gasteiger partial charge in [0.1, 0.15) is 10.7 Å². The molecule has 0 aliphatic rings. The van der Waals surface area contributed by atoms with Gasteiger partial charge >= 0.3 is 5.97 Å². The van der Waals surface area contributed by atoms with Crippen molar-refractivity contribution in [3.63, 3.8) is 0 Å². The molecule has 180 valence electrons. The molecule has 0 saturated heterocycles. The van der Waals surface area contributed by atoms with Crippen LogP contribution >= 0.6 is 23.4 Å². The molecule has 5 rings (SSSR count). The molecule has 0 fully saturated rings. The number of para-hydroxylation sites is 1. The monoisotopic (exact) mass is 519 g/mol. The Kier molecular flexibility index (Phi) is 6.63. The average Bonchev–Trinajstić information content (AvgIpc) is 3.44. The van der Waals surface area contributed by atoms with Gasteiger partial charge in [0.25, 0.3) is 5.22 Å². The first-order chi connectivity index (χ1) is 17.4. The summed E-state index contributed by atoms with van der Waals surface area (Å²) in [5, 5.41) is 19.5. The molecule has 0 aliphatic carbocycles. The van der Waals surface area contributed by atoms with Crippen LogP contribution in [-0.2, 0) is 11.3 Å². The Hall–Kier alpha value is -3.88. The summed E-state index contributed by atoms with van der Waals surface area (Å²) in [6.45, 7) is 2.21. The van der Waals surface area contributed by atoms with Crippen molar-refractivity contribution in [3.8, 4) is 11.5 Å². The molecule has 0 atom stereocenters. The molecule has 36 heavy (non-hydrogen) atoms. The second-order valence-corrected chi connectivity index (χ2v) is 9.42. The fourth-order valence-electron chi connectivity index (χ4n) is 3.96. The van der Waals surface area contributed by atoms with E-state index >= 15 is 0 Å². The quantitative estimate of drug-likeness (QED) is 0.183. The first-order valence-corrected chi connectivity index (χ1v) is 12.1. The second-order valence-electron chi connectivity index (χ2n) is 7.99. The maximum atomic E-state index is 14.4. The number of thioether (sulfide) groups is 1. The molecule has 0 spiro atoms. The highest BCUT2D eigenvalue weighted by molar-refractivity contribution is 8.03. The van der Waals surface area contributed by atoms with Crippen LogP contribution < -0.4 is 0 Å². The van der Waals surface area contributed by atoms with Crippen molar-refractivity contribution in [2.75, 3.05) is 0 Å². The zero-order valence-electron chi connectivity index (χ0n) is 19.0. The minimum absolute atomic E-state index is 0.0122. The zero-order chi connectivity index (χ0) is 25.2. The van der Waals surface area contributed by atoms with Crippen molar-refractivity contribution in [2.45, 2.75) is 18.7 Å². The fraction of sp³-hybridized carbons (Fsp3) is 0.0741. The Labute approximate surface area is 215 Å². The number of benzene rings is 3. The summed E-state index contributed by atoms with van der Waals surface area (Å²) in [5.41, 5.74) is 3.63. The van der Waals surface area contributed by atoms with Gasteiger partial charge in [0.05, 0.1) is 6.54 Å². The van der Waals surface area contributed by atoms with E-state index in [1.165, 1.54) is 6.07 Å². The van der Waals surface area contributed by atoms with E-state index in [0.717, 1.165) is 33.9 Å². The van der Waals surface area contributed by atoms with Gasteiger partial charge in [-0.15, -0.1) is 10.2 Å². The molecule has 9 heteroatoms. The van der Waals surface area contributed by atoms with Gasteiger partial charge in [0.2, 0.25) is 5.89 Å². The van der Waals surface area contributed by atoms with E-state index in [1.54, 1.807) is 48.5 Å². The number of carboxylic acids is 1. The van der Waals surface area contributed by atoms with E-state index < -0.39 is 5.97 Å². The molecule has 2 aromatic heterocycles. The van der Waals surface area contributed by atoms with Crippen LogP contribution in [0, 0.1) is 12.7 Å². The Morgan fingerprint density at radius 3 is 2.56 bits per heavy atom. The Morgan fingerprint density at radius 2 is 1.81 bits per heavy atom. The van der Waals surface area contributed by atoms with Crippen LogP contribution in [0.5, 0.6) is 0 Å². The molecule has 0 amide bonds. The van der Waals surface area contributed by atoms with Crippen LogP contribution in [0.1, 0.15) is 16.8 Å². The molecule has 3 aromatic carbocycles. The predicted octanol–water partition coefficient (Wildman–Crippen LogP) is 7.06. The number of aliphatic carboxylic acids is 1. The number of hydrogen-bond donors (Lipinski definition) is 1. The number of halogens is 2. The van der Waals surface area contributed by atoms with E-state index in [-0.39, 0.29) is 21.8 Å². The lowest BCUT2D eigenvalue weighted by molar-refractivity contribution is -0.131. The highest BCUT2D eigenvalue weighted by atomic mass is 35.5. The van der Waals surface area contributed by atoms with Gasteiger partial charge in [-0.05, 0) is 61.2 Å². The molecule has 0 bridgehead atoms. The summed E-state index contributed by atoms with van der Waals surface area (Å²) < 4.78 is 22.1. The lowest BCUT2D eigenvalue weighted by atomic mass is 10.1. The van der Waals surface area contributed by atoms with Crippen molar-refractivity contribution in [1.29, 1.82) is 0 Å². The normalized spacial score (nSPS) is 11.8. The van der Waals surface area contributed by atoms with E-state index in [1.807, 2.05) is 35.8 Å². The van der Waals surface area contributed by atoms with Crippen LogP contribution in [-0.4, -0.2) is 25.8 Å². The molecule has 0 radical (unpaired) electrons. The third kappa shape index (κ3) is 4.78. The first-order valence-electron chi connectivity index (χ1n) is 10.9. The Bertz CT molecular complexity index is 1610. The molecule has 0 saturated carbocycles. The molecule has 5 aromatic rings. The van der Waals surface area contributed by atoms with Gasteiger partial charge in [-0.1, -0.05) is 48.0 Å². The third-order valence-electron chi connectivity index (χ3n) is 5.75. The summed E-state index contributed by atoms with van der Waals surface area (Å²) in [6, 6.07) is 21.1. The number of carbonyl (C=O) groups is 1. The number of carboxylic acid groups (broad SMARTS) is 1. The molecule has 0 aliphatic heterocycles. The number of aromatic nitrogens is 3. The van der Waals surface area contributed by atoms with Crippen molar-refractivity contribution < 1.29 is 18.7 Å². The zero-order valence-corrected chi connectivity index (χ0v) is 20.6. The summed E-state index contributed by atoms with van der Waals surface area (Å²) in [6.07, 6.45) is 1.59. The number of hydrogen-bond acceptors (Lipinski definition) is 5. The maximum Gasteiger partial charge on any atom is 0.342 e. The highest BCUT2D eigenvalue weighted by Gasteiger charge is 2.20. The molecule has 6 nitrogen and oxygen atoms in total. The topological polar surface area (TPSA) is 81.2 Å². The van der Waals surface area contributed by atoms with E-state index in [9.17, 15) is 14.3 Å². The smallest absolute Gasteiger partial charge is 0.342 e.